The van der Waals surface area contributed by atoms with Gasteiger partial charge in [0.05, 0.1) is 10.7 Å². The van der Waals surface area contributed by atoms with E-state index in [4.69, 9.17) is 4.42 Å². The molecule has 0 amide bonds. The quantitative estimate of drug-likeness (QED) is 0.899. The summed E-state index contributed by atoms with van der Waals surface area (Å²) < 4.78 is 6.23. The Labute approximate surface area is 112 Å². The van der Waals surface area contributed by atoms with Crippen LogP contribution in [0.2, 0.25) is 0 Å². The van der Waals surface area contributed by atoms with Crippen molar-refractivity contribution >= 4 is 27.3 Å². The molecule has 2 unspecified atom stereocenters. The molecule has 17 heavy (non-hydrogen) atoms. The molecule has 2 aromatic heterocycles. The molecule has 2 aromatic rings. The van der Waals surface area contributed by atoms with Gasteiger partial charge >= 0.3 is 0 Å². The zero-order valence-electron chi connectivity index (χ0n) is 9.23. The van der Waals surface area contributed by atoms with Crippen LogP contribution >= 0.6 is 27.3 Å². The first-order chi connectivity index (χ1) is 8.27. The van der Waals surface area contributed by atoms with Gasteiger partial charge in [-0.25, -0.2) is 0 Å². The van der Waals surface area contributed by atoms with Gasteiger partial charge in [0.25, 0.3) is 0 Å². The highest BCUT2D eigenvalue weighted by molar-refractivity contribution is 9.10. The van der Waals surface area contributed by atoms with E-state index < -0.39 is 6.10 Å². The molecule has 0 fully saturated rings. The molecule has 0 saturated heterocycles. The Hall–Kier alpha value is -0.580. The molecule has 0 aromatic carbocycles. The summed E-state index contributed by atoms with van der Waals surface area (Å²) in [5.74, 6) is 0.821. The molecule has 90 valence electrons. The third-order valence-corrected chi connectivity index (χ3v) is 5.04. The number of aliphatic hydroxyl groups is 1. The van der Waals surface area contributed by atoms with Crippen LogP contribution in [0.4, 0.5) is 0 Å². The molecule has 3 rings (SSSR count). The predicted octanol–water partition coefficient (Wildman–Crippen LogP) is 4.26. The third kappa shape index (κ3) is 1.98. The van der Waals surface area contributed by atoms with E-state index >= 15 is 0 Å². The summed E-state index contributed by atoms with van der Waals surface area (Å²) in [4.78, 5) is 1.42. The van der Waals surface area contributed by atoms with E-state index in [1.807, 2.05) is 6.07 Å². The molecule has 0 aliphatic heterocycles. The molecule has 2 atom stereocenters. The second-order valence-corrected chi connectivity index (χ2v) is 6.23. The lowest BCUT2D eigenvalue weighted by Crippen LogP contribution is -2.15. The lowest BCUT2D eigenvalue weighted by Gasteiger charge is -2.26. The zero-order valence-corrected chi connectivity index (χ0v) is 11.6. The first-order valence-electron chi connectivity index (χ1n) is 5.74. The van der Waals surface area contributed by atoms with E-state index in [1.54, 1.807) is 17.6 Å². The van der Waals surface area contributed by atoms with Crippen LogP contribution in [0.1, 0.15) is 41.1 Å². The van der Waals surface area contributed by atoms with Crippen LogP contribution < -0.4 is 0 Å². The van der Waals surface area contributed by atoms with Crippen molar-refractivity contribution in [3.05, 3.63) is 44.4 Å². The Morgan fingerprint density at radius 1 is 1.47 bits per heavy atom. The normalized spacial score (nSPS) is 21.2. The average molecular weight is 313 g/mol. The van der Waals surface area contributed by atoms with Crippen LogP contribution in [0.15, 0.2) is 32.7 Å². The van der Waals surface area contributed by atoms with Crippen molar-refractivity contribution < 1.29 is 9.52 Å². The lowest BCUT2D eigenvalue weighted by molar-refractivity contribution is 0.111. The maximum absolute atomic E-state index is 10.5. The smallest absolute Gasteiger partial charge is 0.147 e. The van der Waals surface area contributed by atoms with Crippen molar-refractivity contribution in [3.8, 4) is 0 Å². The monoisotopic (exact) mass is 312 g/mol. The maximum Gasteiger partial charge on any atom is 0.147 e. The second-order valence-electron chi connectivity index (χ2n) is 4.38. The highest BCUT2D eigenvalue weighted by Crippen LogP contribution is 2.43. The molecule has 0 bridgehead atoms. The van der Waals surface area contributed by atoms with Gasteiger partial charge in [0.15, 0.2) is 0 Å². The summed E-state index contributed by atoms with van der Waals surface area (Å²) in [6.07, 6.45) is 4.38. The summed E-state index contributed by atoms with van der Waals surface area (Å²) in [6.45, 7) is 0. The van der Waals surface area contributed by atoms with Crippen LogP contribution in [-0.4, -0.2) is 5.11 Å². The molecule has 2 heterocycles. The first-order valence-corrected chi connectivity index (χ1v) is 7.42. The predicted molar refractivity (Wildman–Crippen MR) is 71.4 cm³/mol. The van der Waals surface area contributed by atoms with Crippen molar-refractivity contribution in [1.29, 1.82) is 0 Å². The molecular formula is C13H13BrO2S. The van der Waals surface area contributed by atoms with E-state index in [0.29, 0.717) is 5.76 Å². The van der Waals surface area contributed by atoms with E-state index in [1.165, 1.54) is 10.4 Å². The molecule has 0 saturated carbocycles. The highest BCUT2D eigenvalue weighted by Gasteiger charge is 2.31. The maximum atomic E-state index is 10.5. The zero-order chi connectivity index (χ0) is 11.8. The van der Waals surface area contributed by atoms with Crippen LogP contribution in [-0.2, 0) is 6.42 Å². The number of rotatable bonds is 2. The van der Waals surface area contributed by atoms with Gasteiger partial charge in [-0.05, 0) is 58.3 Å². The fourth-order valence-electron chi connectivity index (χ4n) is 2.55. The lowest BCUT2D eigenvalue weighted by atomic mass is 9.83. The van der Waals surface area contributed by atoms with E-state index in [-0.39, 0.29) is 5.92 Å². The van der Waals surface area contributed by atoms with Crippen molar-refractivity contribution in [1.82, 2.24) is 0 Å². The standard InChI is InChI=1S/C13H13BrO2S/c14-10-4-6-16-13(10)12(15)9-2-1-3-11-8(9)5-7-17-11/h4-7,9,12,15H,1-3H2. The molecule has 1 N–H and O–H groups in total. The molecular weight excluding hydrogens is 300 g/mol. The third-order valence-electron chi connectivity index (χ3n) is 3.39. The van der Waals surface area contributed by atoms with Crippen molar-refractivity contribution in [2.45, 2.75) is 31.3 Å². The minimum atomic E-state index is -0.548. The number of hydrogen-bond acceptors (Lipinski definition) is 3. The first kappa shape index (κ1) is 11.5. The van der Waals surface area contributed by atoms with Crippen LogP contribution in [0.3, 0.4) is 0 Å². The van der Waals surface area contributed by atoms with Gasteiger partial charge < -0.3 is 9.52 Å². The Morgan fingerprint density at radius 2 is 2.35 bits per heavy atom. The van der Waals surface area contributed by atoms with Gasteiger partial charge in [-0.1, -0.05) is 0 Å². The van der Waals surface area contributed by atoms with Crippen LogP contribution in [0.25, 0.3) is 0 Å². The fourth-order valence-corrected chi connectivity index (χ4v) is 3.98. The average Bonchev–Trinajstić information content (AvgIpc) is 2.95. The number of hydrogen-bond donors (Lipinski definition) is 1. The van der Waals surface area contributed by atoms with Gasteiger partial charge in [0.2, 0.25) is 0 Å². The van der Waals surface area contributed by atoms with E-state index in [0.717, 1.165) is 23.7 Å². The molecule has 0 radical (unpaired) electrons. The fraction of sp³-hybridized carbons (Fsp3) is 0.385. The summed E-state index contributed by atoms with van der Waals surface area (Å²) in [5.41, 5.74) is 1.30. The van der Waals surface area contributed by atoms with Crippen LogP contribution in [0, 0.1) is 0 Å². The van der Waals surface area contributed by atoms with Gasteiger partial charge in [-0.2, -0.15) is 0 Å². The summed E-state index contributed by atoms with van der Waals surface area (Å²) >= 11 is 5.21. The number of thiophene rings is 1. The molecule has 1 aliphatic rings. The summed E-state index contributed by atoms with van der Waals surface area (Å²) in [5, 5.41) is 12.6. The SMILES string of the molecule is OC(c1occc1Br)C1CCCc2sccc21. The Morgan fingerprint density at radius 3 is 3.12 bits per heavy atom. The number of fused-ring (bicyclic) bond motifs is 1. The number of aliphatic hydroxyl groups excluding tert-OH is 1. The Bertz CT molecular complexity index is 517. The van der Waals surface area contributed by atoms with E-state index in [9.17, 15) is 5.11 Å². The number of furan rings is 1. The van der Waals surface area contributed by atoms with Crippen molar-refractivity contribution in [2.75, 3.05) is 0 Å². The Balaban J connectivity index is 1.94. The van der Waals surface area contributed by atoms with Gasteiger partial charge in [0, 0.05) is 10.8 Å². The van der Waals surface area contributed by atoms with Crippen molar-refractivity contribution in [3.63, 3.8) is 0 Å². The van der Waals surface area contributed by atoms with Crippen LogP contribution in [0.5, 0.6) is 0 Å². The van der Waals surface area contributed by atoms with Gasteiger partial charge in [-0.3, -0.25) is 0 Å². The molecule has 1 aliphatic carbocycles. The largest absolute Gasteiger partial charge is 0.465 e. The highest BCUT2D eigenvalue weighted by atomic mass is 79.9. The Kier molecular flexibility index (Phi) is 3.11. The van der Waals surface area contributed by atoms with Gasteiger partial charge in [0.1, 0.15) is 11.9 Å². The van der Waals surface area contributed by atoms with Crippen molar-refractivity contribution in [2.24, 2.45) is 0 Å². The number of halogens is 1. The summed E-state index contributed by atoms with van der Waals surface area (Å²) in [6, 6.07) is 3.97. The topological polar surface area (TPSA) is 33.4 Å². The summed E-state index contributed by atoms with van der Waals surface area (Å²) in [7, 11) is 0. The molecule has 0 spiro atoms. The minimum Gasteiger partial charge on any atom is -0.465 e. The number of aryl methyl sites for hydroxylation is 1. The molecule has 4 heteroatoms. The second kappa shape index (κ2) is 4.59. The van der Waals surface area contributed by atoms with E-state index in [2.05, 4.69) is 27.4 Å². The molecule has 2 nitrogen and oxygen atoms in total. The van der Waals surface area contributed by atoms with Gasteiger partial charge in [-0.15, -0.1) is 11.3 Å². The minimum absolute atomic E-state index is 0.174.